The Morgan fingerprint density at radius 3 is 2.48 bits per heavy atom. The van der Waals surface area contributed by atoms with Crippen LogP contribution in [0.1, 0.15) is 27.2 Å². The van der Waals surface area contributed by atoms with Gasteiger partial charge in [-0.05, 0) is 43.7 Å². The van der Waals surface area contributed by atoms with Gasteiger partial charge in [0.25, 0.3) is 11.5 Å². The minimum Gasteiger partial charge on any atom is -0.348 e. The molecule has 0 aliphatic carbocycles. The van der Waals surface area contributed by atoms with Crippen molar-refractivity contribution in [3.63, 3.8) is 0 Å². The quantitative estimate of drug-likeness (QED) is 0.833. The first-order chi connectivity index (χ1) is 11.6. The summed E-state index contributed by atoms with van der Waals surface area (Å²) >= 11 is 0. The Kier molecular flexibility index (Phi) is 5.44. The Bertz CT molecular complexity index is 962. The number of pyridine rings is 1. The third-order valence-corrected chi connectivity index (χ3v) is 5.61. The highest BCUT2D eigenvalue weighted by molar-refractivity contribution is 7.89. The first-order valence-electron chi connectivity index (χ1n) is 7.63. The molecule has 2 aromatic rings. The maximum Gasteiger partial charge on any atom is 0.253 e. The molecule has 1 aromatic carbocycles. The lowest BCUT2D eigenvalue weighted by Crippen LogP contribution is -2.28. The van der Waals surface area contributed by atoms with Crippen LogP contribution in [-0.2, 0) is 16.6 Å². The molecule has 1 heterocycles. The highest BCUT2D eigenvalue weighted by Gasteiger charge is 2.19. The van der Waals surface area contributed by atoms with Gasteiger partial charge in [0.1, 0.15) is 0 Å². The molecular weight excluding hydrogens is 342 g/mol. The van der Waals surface area contributed by atoms with Crippen molar-refractivity contribution in [3.8, 4) is 0 Å². The molecule has 0 aliphatic heterocycles. The largest absolute Gasteiger partial charge is 0.348 e. The summed E-state index contributed by atoms with van der Waals surface area (Å²) in [4.78, 5) is 27.0. The van der Waals surface area contributed by atoms with Crippen LogP contribution in [0.4, 0.5) is 0 Å². The average Bonchev–Trinajstić information content (AvgIpc) is 2.53. The number of aromatic nitrogens is 1. The fourth-order valence-electron chi connectivity index (χ4n) is 2.38. The standard InChI is InChI=1S/C17H21N3O4S/c1-11-8-12(2)19-17(22)15(11)10-18-16(21)13-6-5-7-14(9-13)25(23,24)20(3)4/h5-9H,10H2,1-4H3,(H,18,21)(H,19,22). The molecule has 0 saturated heterocycles. The monoisotopic (exact) mass is 363 g/mol. The molecule has 2 N–H and O–H groups in total. The zero-order valence-electron chi connectivity index (χ0n) is 14.6. The van der Waals surface area contributed by atoms with Crippen LogP contribution >= 0.6 is 0 Å². The van der Waals surface area contributed by atoms with Gasteiger partial charge < -0.3 is 10.3 Å². The zero-order chi connectivity index (χ0) is 18.8. The molecule has 0 aliphatic rings. The van der Waals surface area contributed by atoms with Crippen LogP contribution in [0.3, 0.4) is 0 Å². The topological polar surface area (TPSA) is 99.3 Å². The summed E-state index contributed by atoms with van der Waals surface area (Å²) in [6, 6.07) is 7.61. The van der Waals surface area contributed by atoms with Gasteiger partial charge in [-0.25, -0.2) is 12.7 Å². The molecule has 2 rings (SSSR count). The Hall–Kier alpha value is -2.45. The van der Waals surface area contributed by atoms with Crippen molar-refractivity contribution in [1.29, 1.82) is 0 Å². The van der Waals surface area contributed by atoms with E-state index in [0.717, 1.165) is 15.6 Å². The number of rotatable bonds is 5. The van der Waals surface area contributed by atoms with Crippen molar-refractivity contribution in [1.82, 2.24) is 14.6 Å². The second kappa shape index (κ2) is 7.20. The molecule has 7 nitrogen and oxygen atoms in total. The molecule has 0 radical (unpaired) electrons. The van der Waals surface area contributed by atoms with Crippen LogP contribution in [0.5, 0.6) is 0 Å². The fourth-order valence-corrected chi connectivity index (χ4v) is 3.33. The van der Waals surface area contributed by atoms with Gasteiger partial charge in [-0.3, -0.25) is 9.59 Å². The number of benzene rings is 1. The van der Waals surface area contributed by atoms with Gasteiger partial charge in [0.05, 0.1) is 4.90 Å². The van der Waals surface area contributed by atoms with Crippen LogP contribution in [0.2, 0.25) is 0 Å². The van der Waals surface area contributed by atoms with E-state index in [1.165, 1.54) is 38.4 Å². The number of carbonyl (C=O) groups is 1. The summed E-state index contributed by atoms with van der Waals surface area (Å²) in [5.41, 5.74) is 1.96. The lowest BCUT2D eigenvalue weighted by Gasteiger charge is -2.12. The molecule has 0 fully saturated rings. The van der Waals surface area contributed by atoms with Crippen molar-refractivity contribution in [2.75, 3.05) is 14.1 Å². The Balaban J connectivity index is 2.22. The van der Waals surface area contributed by atoms with Crippen molar-refractivity contribution in [2.24, 2.45) is 0 Å². The molecule has 1 amide bonds. The predicted octanol–water partition coefficient (Wildman–Crippen LogP) is 1.17. The summed E-state index contributed by atoms with van der Waals surface area (Å²) in [6.45, 7) is 3.65. The summed E-state index contributed by atoms with van der Waals surface area (Å²) in [5, 5.41) is 2.66. The first kappa shape index (κ1) is 18.9. The second-order valence-corrected chi connectivity index (χ2v) is 8.09. The van der Waals surface area contributed by atoms with E-state index in [2.05, 4.69) is 10.3 Å². The van der Waals surface area contributed by atoms with Crippen molar-refractivity contribution >= 4 is 15.9 Å². The van der Waals surface area contributed by atoms with E-state index in [4.69, 9.17) is 0 Å². The van der Waals surface area contributed by atoms with E-state index in [9.17, 15) is 18.0 Å². The van der Waals surface area contributed by atoms with Crippen LogP contribution in [0.25, 0.3) is 0 Å². The Morgan fingerprint density at radius 2 is 1.88 bits per heavy atom. The van der Waals surface area contributed by atoms with Crippen LogP contribution in [0, 0.1) is 13.8 Å². The lowest BCUT2D eigenvalue weighted by atomic mass is 10.1. The number of nitrogens with zero attached hydrogens (tertiary/aromatic N) is 1. The van der Waals surface area contributed by atoms with Crippen LogP contribution in [0.15, 0.2) is 40.0 Å². The van der Waals surface area contributed by atoms with Gasteiger partial charge in [0, 0.05) is 37.5 Å². The van der Waals surface area contributed by atoms with Gasteiger partial charge >= 0.3 is 0 Å². The lowest BCUT2D eigenvalue weighted by molar-refractivity contribution is 0.0950. The zero-order valence-corrected chi connectivity index (χ0v) is 15.4. The fraction of sp³-hybridized carbons (Fsp3) is 0.294. The maximum absolute atomic E-state index is 12.3. The first-order valence-corrected chi connectivity index (χ1v) is 9.07. The number of carbonyl (C=O) groups excluding carboxylic acids is 1. The third kappa shape index (κ3) is 4.15. The second-order valence-electron chi connectivity index (χ2n) is 5.94. The SMILES string of the molecule is Cc1cc(C)c(CNC(=O)c2cccc(S(=O)(=O)N(C)C)c2)c(=O)[nH]1. The van der Waals surface area contributed by atoms with Crippen molar-refractivity contribution < 1.29 is 13.2 Å². The number of aryl methyl sites for hydroxylation is 2. The van der Waals surface area contributed by atoms with Crippen LogP contribution < -0.4 is 10.9 Å². The number of amides is 1. The van der Waals surface area contributed by atoms with E-state index in [0.29, 0.717) is 5.56 Å². The molecule has 0 unspecified atom stereocenters. The number of aromatic amines is 1. The predicted molar refractivity (Wildman–Crippen MR) is 95.0 cm³/mol. The number of nitrogens with one attached hydrogen (secondary N) is 2. The highest BCUT2D eigenvalue weighted by Crippen LogP contribution is 2.15. The Morgan fingerprint density at radius 1 is 1.20 bits per heavy atom. The highest BCUT2D eigenvalue weighted by atomic mass is 32.2. The van der Waals surface area contributed by atoms with Gasteiger partial charge in [0.15, 0.2) is 0 Å². The Labute approximate surface area is 146 Å². The molecule has 8 heteroatoms. The molecule has 0 bridgehead atoms. The van der Waals surface area contributed by atoms with Gasteiger partial charge in [-0.1, -0.05) is 6.07 Å². The summed E-state index contributed by atoms with van der Waals surface area (Å²) < 4.78 is 25.4. The summed E-state index contributed by atoms with van der Waals surface area (Å²) in [6.07, 6.45) is 0. The number of hydrogen-bond acceptors (Lipinski definition) is 4. The number of sulfonamides is 1. The number of H-pyrrole nitrogens is 1. The molecule has 1 aromatic heterocycles. The van der Waals surface area contributed by atoms with Gasteiger partial charge in [0.2, 0.25) is 10.0 Å². The van der Waals surface area contributed by atoms with Gasteiger partial charge in [-0.15, -0.1) is 0 Å². The van der Waals surface area contributed by atoms with E-state index in [1.807, 2.05) is 6.07 Å². The molecule has 0 saturated carbocycles. The third-order valence-electron chi connectivity index (χ3n) is 3.79. The van der Waals surface area contributed by atoms with E-state index < -0.39 is 15.9 Å². The normalized spacial score (nSPS) is 11.6. The van der Waals surface area contributed by atoms with E-state index in [-0.39, 0.29) is 22.6 Å². The molecule has 0 spiro atoms. The number of hydrogen-bond donors (Lipinski definition) is 2. The molecule has 0 atom stereocenters. The smallest absolute Gasteiger partial charge is 0.253 e. The summed E-state index contributed by atoms with van der Waals surface area (Å²) in [7, 11) is -0.770. The minimum absolute atomic E-state index is 0.0366. The van der Waals surface area contributed by atoms with Crippen LogP contribution in [-0.4, -0.2) is 37.7 Å². The van der Waals surface area contributed by atoms with Gasteiger partial charge in [-0.2, -0.15) is 0 Å². The average molecular weight is 363 g/mol. The maximum atomic E-state index is 12.3. The van der Waals surface area contributed by atoms with Crippen molar-refractivity contribution in [3.05, 3.63) is 63.1 Å². The molecular formula is C17H21N3O4S. The minimum atomic E-state index is -3.62. The van der Waals surface area contributed by atoms with Crippen molar-refractivity contribution in [2.45, 2.75) is 25.3 Å². The van der Waals surface area contributed by atoms with E-state index >= 15 is 0 Å². The molecule has 134 valence electrons. The summed E-state index contributed by atoms with van der Waals surface area (Å²) in [5.74, 6) is -0.449. The molecule has 25 heavy (non-hydrogen) atoms. The van der Waals surface area contributed by atoms with E-state index in [1.54, 1.807) is 13.8 Å².